The van der Waals surface area contributed by atoms with Crippen molar-refractivity contribution in [1.82, 2.24) is 0 Å². The zero-order chi connectivity index (χ0) is 34.7. The Morgan fingerprint density at radius 1 is 0.680 bits per heavy atom. The van der Waals surface area contributed by atoms with E-state index in [0.29, 0.717) is 41.5 Å². The summed E-state index contributed by atoms with van der Waals surface area (Å²) in [5.74, 6) is 8.94. The number of rotatable bonds is 1. The fourth-order valence-corrected chi connectivity index (χ4v) is 17.0. The molecule has 0 unspecified atom stereocenters. The molecule has 1 heterocycles. The van der Waals surface area contributed by atoms with E-state index in [1.54, 1.807) is 6.92 Å². The Morgan fingerprint density at radius 3 is 2.16 bits per heavy atom. The fraction of sp³-hybridized carbons (Fsp3) is 0.822. The molecular weight excluding hydrogens is 620 g/mol. The molecule has 11 rings (SSSR count). The molecule has 50 heavy (non-hydrogen) atoms. The van der Waals surface area contributed by atoms with Gasteiger partial charge in [-0.2, -0.15) is 0 Å². The van der Waals surface area contributed by atoms with Crippen LogP contribution in [0.3, 0.4) is 0 Å². The Labute approximate surface area is 299 Å². The normalized spacial score (nSPS) is 56.0. The zero-order valence-electron chi connectivity index (χ0n) is 31.4. The minimum Gasteiger partial charge on any atom is -0.458 e. The van der Waals surface area contributed by atoms with E-state index in [-0.39, 0.29) is 33.2 Å². The molecule has 16 atom stereocenters. The van der Waals surface area contributed by atoms with Crippen LogP contribution in [0.4, 0.5) is 0 Å². The molecule has 10 aliphatic carbocycles. The first-order valence-corrected chi connectivity index (χ1v) is 21.0. The molecule has 5 nitrogen and oxygen atoms in total. The van der Waals surface area contributed by atoms with Gasteiger partial charge in [0, 0.05) is 36.5 Å². The van der Waals surface area contributed by atoms with Gasteiger partial charge in [0.05, 0.1) is 0 Å². The number of hydrogen-bond donors (Lipinski definition) is 0. The van der Waals surface area contributed by atoms with Gasteiger partial charge >= 0.3 is 5.97 Å². The molecule has 0 aromatic heterocycles. The molecule has 11 aliphatic rings. The molecule has 1 aliphatic heterocycles. The summed E-state index contributed by atoms with van der Waals surface area (Å²) in [4.78, 5) is 48.3. The highest BCUT2D eigenvalue weighted by Gasteiger charge is 2.81. The highest BCUT2D eigenvalue weighted by atomic mass is 16.6. The van der Waals surface area contributed by atoms with Crippen molar-refractivity contribution in [2.75, 3.05) is 0 Å². The Morgan fingerprint density at radius 2 is 1.42 bits per heavy atom. The molecule has 0 aromatic rings. The third-order valence-corrected chi connectivity index (χ3v) is 19.3. The number of hydrogen-bond acceptors (Lipinski definition) is 5. The van der Waals surface area contributed by atoms with Crippen molar-refractivity contribution in [2.45, 2.75) is 143 Å². The van der Waals surface area contributed by atoms with Crippen LogP contribution in [-0.4, -0.2) is 28.9 Å². The molecule has 5 heteroatoms. The van der Waals surface area contributed by atoms with Gasteiger partial charge < -0.3 is 4.74 Å². The average Bonchev–Trinajstić information content (AvgIpc) is 3.96. The van der Waals surface area contributed by atoms with E-state index in [2.05, 4.69) is 33.8 Å². The van der Waals surface area contributed by atoms with Crippen LogP contribution in [0.5, 0.6) is 0 Å². The van der Waals surface area contributed by atoms with Crippen molar-refractivity contribution in [3.05, 3.63) is 23.3 Å². The fourth-order valence-electron chi connectivity index (χ4n) is 17.0. The first-order chi connectivity index (χ1) is 23.7. The van der Waals surface area contributed by atoms with Crippen LogP contribution in [0.25, 0.3) is 0 Å². The molecule has 1 spiro atoms. The maximum Gasteiger partial charge on any atom is 0.306 e. The molecule has 0 N–H and O–H groups in total. The van der Waals surface area contributed by atoms with Crippen molar-refractivity contribution in [1.29, 1.82) is 0 Å². The molecule has 1 saturated heterocycles. The maximum atomic E-state index is 12.2. The van der Waals surface area contributed by atoms with Crippen molar-refractivity contribution in [2.24, 2.45) is 86.8 Å². The molecule has 8 saturated carbocycles. The van der Waals surface area contributed by atoms with Crippen LogP contribution in [-0.2, 0) is 23.9 Å². The Balaban J connectivity index is 0.000000129. The maximum absolute atomic E-state index is 12.2. The lowest BCUT2D eigenvalue weighted by atomic mass is 9.45. The molecule has 0 amide bonds. The molecular formula is C45H60O5. The Bertz CT molecular complexity index is 1650. The molecule has 0 radical (unpaired) electrons. The predicted octanol–water partition coefficient (Wildman–Crippen LogP) is 9.03. The summed E-state index contributed by atoms with van der Waals surface area (Å²) < 4.78 is 6.22. The minimum atomic E-state index is -0.131. The number of fused-ring (bicyclic) bond motifs is 17. The van der Waals surface area contributed by atoms with Gasteiger partial charge in [-0.25, -0.2) is 0 Å². The largest absolute Gasteiger partial charge is 0.458 e. The highest BCUT2D eigenvalue weighted by Crippen LogP contribution is 2.82. The van der Waals surface area contributed by atoms with Gasteiger partial charge in [-0.15, -0.1) is 0 Å². The van der Waals surface area contributed by atoms with Gasteiger partial charge in [0.25, 0.3) is 0 Å². The average molecular weight is 681 g/mol. The van der Waals surface area contributed by atoms with Crippen LogP contribution in [0, 0.1) is 86.8 Å². The topological polar surface area (TPSA) is 77.5 Å². The number of ether oxygens (including phenoxy) is 1. The smallest absolute Gasteiger partial charge is 0.306 e. The van der Waals surface area contributed by atoms with Gasteiger partial charge in [-0.1, -0.05) is 38.8 Å². The SMILES string of the molecule is CC(=O)[C@H]1CC[C@H]2[C@@H]3CCC4=CC(=O)CC[C@]4(C)[C@H]3CC[C@]12C.C[C@]12CCC(=O)C=C1[C@@H]1C[C@@H]1[C@H]1[C@@H]3[C@@H]4C[C@@H]4[C@@]4(CCC(=O)O4)[C@@]3(C)CC[C@@H]12. The van der Waals surface area contributed by atoms with E-state index in [0.717, 1.165) is 92.3 Å². The van der Waals surface area contributed by atoms with Crippen LogP contribution >= 0.6 is 0 Å². The monoisotopic (exact) mass is 680 g/mol. The summed E-state index contributed by atoms with van der Waals surface area (Å²) >= 11 is 0. The summed E-state index contributed by atoms with van der Waals surface area (Å²) in [5.41, 5.74) is 3.80. The van der Waals surface area contributed by atoms with Gasteiger partial charge in [-0.05, 0) is 172 Å². The molecule has 9 fully saturated rings. The second-order valence-corrected chi connectivity index (χ2v) is 20.8. The Hall–Kier alpha value is -2.04. The number of carbonyl (C=O) groups excluding carboxylic acids is 4. The van der Waals surface area contributed by atoms with E-state index in [4.69, 9.17) is 4.74 Å². The van der Waals surface area contributed by atoms with Crippen molar-refractivity contribution in [3.63, 3.8) is 0 Å². The van der Waals surface area contributed by atoms with Crippen LogP contribution in [0.2, 0.25) is 0 Å². The highest BCUT2D eigenvalue weighted by molar-refractivity contribution is 5.92. The molecule has 270 valence electrons. The second kappa shape index (κ2) is 10.3. The summed E-state index contributed by atoms with van der Waals surface area (Å²) in [5, 5.41) is 0. The second-order valence-electron chi connectivity index (χ2n) is 20.8. The lowest BCUT2D eigenvalue weighted by Crippen LogP contribution is -2.57. The van der Waals surface area contributed by atoms with E-state index < -0.39 is 0 Å². The van der Waals surface area contributed by atoms with Gasteiger partial charge in [0.2, 0.25) is 0 Å². The third-order valence-electron chi connectivity index (χ3n) is 19.3. The predicted molar refractivity (Wildman–Crippen MR) is 190 cm³/mol. The Kier molecular flexibility index (Phi) is 6.74. The summed E-state index contributed by atoms with van der Waals surface area (Å²) in [7, 11) is 0. The van der Waals surface area contributed by atoms with E-state index in [9.17, 15) is 19.2 Å². The number of allylic oxidation sites excluding steroid dienone is 2. The lowest BCUT2D eigenvalue weighted by Gasteiger charge is -2.60. The van der Waals surface area contributed by atoms with E-state index in [1.165, 1.54) is 62.5 Å². The van der Waals surface area contributed by atoms with Gasteiger partial charge in [-0.3, -0.25) is 19.2 Å². The summed E-state index contributed by atoms with van der Waals surface area (Å²) in [6.07, 6.45) is 21.5. The number of ketones is 3. The standard InChI is InChI=1S/C24H30O3.C21H30O2/c1-22-6-3-12(25)9-17(22)13-10-14(13)20-16(22)4-7-23(2)21(20)15-11-18(15)24(23)8-5-19(26)27-24;1-13(22)17-6-7-18-16-5-4-14-12-15(23)8-10-20(14,2)19(16)9-11-21(17,18)3/h9,13-16,18,20-21H,3-8,10-11H2,1-2H3;12,16-19H,4-11H2,1-3H3/t13-,14+,15-,16+,18+,20-,21+,22-,23+,24+;16-,17+,18-,19-,20-,21+/m10/s1. The van der Waals surface area contributed by atoms with Crippen LogP contribution < -0.4 is 0 Å². The van der Waals surface area contributed by atoms with Crippen molar-refractivity contribution in [3.8, 4) is 0 Å². The van der Waals surface area contributed by atoms with Crippen LogP contribution in [0.1, 0.15) is 137 Å². The van der Waals surface area contributed by atoms with Crippen molar-refractivity contribution >= 4 is 23.3 Å². The molecule has 0 aromatic carbocycles. The minimum absolute atomic E-state index is 0.0561. The molecule has 0 bridgehead atoms. The third kappa shape index (κ3) is 4.02. The summed E-state index contributed by atoms with van der Waals surface area (Å²) in [6, 6.07) is 0. The van der Waals surface area contributed by atoms with E-state index >= 15 is 0 Å². The lowest BCUT2D eigenvalue weighted by molar-refractivity contribution is -0.177. The number of esters is 1. The van der Waals surface area contributed by atoms with Gasteiger partial charge in [0.1, 0.15) is 11.4 Å². The summed E-state index contributed by atoms with van der Waals surface area (Å²) in [6.45, 7) is 11.6. The first kappa shape index (κ1) is 32.6. The number of carbonyl (C=O) groups is 4. The van der Waals surface area contributed by atoms with Crippen molar-refractivity contribution < 1.29 is 23.9 Å². The van der Waals surface area contributed by atoms with Crippen LogP contribution in [0.15, 0.2) is 23.3 Å². The van der Waals surface area contributed by atoms with E-state index in [1.807, 2.05) is 6.08 Å². The van der Waals surface area contributed by atoms with Gasteiger partial charge in [0.15, 0.2) is 11.6 Å². The number of Topliss-reactive ketones (excluding diaryl/α,β-unsaturated/α-hetero) is 1. The quantitative estimate of drug-likeness (QED) is 0.258. The zero-order valence-corrected chi connectivity index (χ0v) is 31.4. The first-order valence-electron chi connectivity index (χ1n) is 21.0.